The lowest BCUT2D eigenvalue weighted by molar-refractivity contribution is -0.120. The molecule has 0 spiro atoms. The molecule has 146 valence electrons. The van der Waals surface area contributed by atoms with Gasteiger partial charge in [-0.2, -0.15) is 0 Å². The summed E-state index contributed by atoms with van der Waals surface area (Å²) in [5, 5.41) is 6.24. The number of hydrogen-bond acceptors (Lipinski definition) is 3. The molecule has 0 aliphatic heterocycles. The zero-order valence-electron chi connectivity index (χ0n) is 17.5. The van der Waals surface area contributed by atoms with E-state index >= 15 is 0 Å². The van der Waals surface area contributed by atoms with Gasteiger partial charge in [-0.25, -0.2) is 0 Å². The number of carbonyl (C=O) groups excluding carboxylic acids is 1. The number of carbonyl (C=O) groups is 1. The van der Waals surface area contributed by atoms with E-state index in [9.17, 15) is 4.79 Å². The molecule has 0 saturated heterocycles. The van der Waals surface area contributed by atoms with E-state index in [0.717, 1.165) is 12.1 Å². The molecule has 4 nitrogen and oxygen atoms in total. The number of rotatable bonds is 7. The number of aromatic nitrogens is 1. The van der Waals surface area contributed by atoms with Crippen molar-refractivity contribution in [1.29, 1.82) is 0 Å². The maximum atomic E-state index is 12.1. The van der Waals surface area contributed by atoms with Gasteiger partial charge in [-0.15, -0.1) is 0 Å². The molecule has 0 aliphatic carbocycles. The highest BCUT2D eigenvalue weighted by molar-refractivity contribution is 5.78. The van der Waals surface area contributed by atoms with Gasteiger partial charge in [-0.05, 0) is 67.0 Å². The Kier molecular flexibility index (Phi) is 7.14. The van der Waals surface area contributed by atoms with Crippen molar-refractivity contribution in [3.8, 4) is 0 Å². The van der Waals surface area contributed by atoms with Crippen molar-refractivity contribution in [2.24, 2.45) is 0 Å². The first-order valence-corrected chi connectivity index (χ1v) is 9.70. The van der Waals surface area contributed by atoms with Crippen molar-refractivity contribution in [1.82, 2.24) is 15.6 Å². The monoisotopic (exact) mass is 367 g/mol. The van der Waals surface area contributed by atoms with Gasteiger partial charge in [-0.1, -0.05) is 39.0 Å². The molecule has 27 heavy (non-hydrogen) atoms. The fraction of sp³-hybridized carbons (Fsp3) is 0.478. The Morgan fingerprint density at radius 1 is 1.15 bits per heavy atom. The Morgan fingerprint density at radius 2 is 1.81 bits per heavy atom. The molecule has 2 aromatic rings. The quantitative estimate of drug-likeness (QED) is 0.777. The molecule has 2 N–H and O–H groups in total. The van der Waals surface area contributed by atoms with Crippen LogP contribution in [0.4, 0.5) is 0 Å². The largest absolute Gasteiger partial charge is 0.355 e. The number of pyridine rings is 1. The Labute approximate surface area is 163 Å². The van der Waals surface area contributed by atoms with Gasteiger partial charge in [0.15, 0.2) is 0 Å². The summed E-state index contributed by atoms with van der Waals surface area (Å²) in [5.74, 6) is 0.0133. The summed E-state index contributed by atoms with van der Waals surface area (Å²) >= 11 is 0. The number of nitrogens with zero attached hydrogens (tertiary/aromatic N) is 1. The lowest BCUT2D eigenvalue weighted by Gasteiger charge is -2.22. The van der Waals surface area contributed by atoms with Crippen molar-refractivity contribution < 1.29 is 4.79 Å². The van der Waals surface area contributed by atoms with Crippen LogP contribution in [0.3, 0.4) is 0 Å². The predicted octanol–water partition coefficient (Wildman–Crippen LogP) is 4.01. The van der Waals surface area contributed by atoms with Gasteiger partial charge in [0.25, 0.3) is 0 Å². The van der Waals surface area contributed by atoms with E-state index in [1.165, 1.54) is 22.3 Å². The summed E-state index contributed by atoms with van der Waals surface area (Å²) < 4.78 is 0. The highest BCUT2D eigenvalue weighted by atomic mass is 16.1. The number of aryl methyl sites for hydroxylation is 2. The Morgan fingerprint density at radius 3 is 2.37 bits per heavy atom. The molecule has 4 heteroatoms. The molecule has 1 heterocycles. The van der Waals surface area contributed by atoms with Crippen LogP contribution in [0, 0.1) is 13.8 Å². The standard InChI is InChI=1S/C23H33N3O/c1-16-13-19(23(4,5)6)14-17(2)20(16)10-12-25-22(27)15-26-18(3)21-9-7-8-11-24-21/h7-9,11,13-14,18,26H,10,12,15H2,1-6H3,(H,25,27). The lowest BCUT2D eigenvalue weighted by Crippen LogP contribution is -2.36. The average molecular weight is 368 g/mol. The minimum atomic E-state index is 0.0133. The van der Waals surface area contributed by atoms with Crippen molar-refractivity contribution in [3.63, 3.8) is 0 Å². The smallest absolute Gasteiger partial charge is 0.233 e. The molecule has 1 atom stereocenters. The Hall–Kier alpha value is -2.20. The van der Waals surface area contributed by atoms with Crippen LogP contribution in [0.15, 0.2) is 36.5 Å². The average Bonchev–Trinajstić information content (AvgIpc) is 2.61. The summed E-state index contributed by atoms with van der Waals surface area (Å²) in [5.41, 5.74) is 6.39. The third kappa shape index (κ3) is 6.17. The van der Waals surface area contributed by atoms with Crippen LogP contribution in [0.2, 0.25) is 0 Å². The molecular formula is C23H33N3O. The van der Waals surface area contributed by atoms with E-state index in [2.05, 4.69) is 62.4 Å². The highest BCUT2D eigenvalue weighted by Gasteiger charge is 2.16. The van der Waals surface area contributed by atoms with E-state index in [0.29, 0.717) is 13.1 Å². The van der Waals surface area contributed by atoms with E-state index in [-0.39, 0.29) is 17.4 Å². The number of nitrogens with one attached hydrogen (secondary N) is 2. The van der Waals surface area contributed by atoms with Crippen LogP contribution < -0.4 is 10.6 Å². The summed E-state index contributed by atoms with van der Waals surface area (Å²) in [6, 6.07) is 10.4. The summed E-state index contributed by atoms with van der Waals surface area (Å²) in [7, 11) is 0. The van der Waals surface area contributed by atoms with Gasteiger partial charge >= 0.3 is 0 Å². The van der Waals surface area contributed by atoms with Crippen LogP contribution in [0.1, 0.15) is 61.7 Å². The van der Waals surface area contributed by atoms with Crippen LogP contribution in [0.25, 0.3) is 0 Å². The van der Waals surface area contributed by atoms with Crippen LogP contribution >= 0.6 is 0 Å². The fourth-order valence-electron chi connectivity index (χ4n) is 3.19. The molecule has 0 fully saturated rings. The van der Waals surface area contributed by atoms with Crippen LogP contribution in [-0.4, -0.2) is 24.0 Å². The third-order valence-electron chi connectivity index (χ3n) is 4.96. The zero-order valence-corrected chi connectivity index (χ0v) is 17.5. The SMILES string of the molecule is Cc1cc(C(C)(C)C)cc(C)c1CCNC(=O)CNC(C)c1ccccn1. The summed E-state index contributed by atoms with van der Waals surface area (Å²) in [4.78, 5) is 16.4. The van der Waals surface area contributed by atoms with Crippen molar-refractivity contribution in [2.45, 2.75) is 59.4 Å². The molecule has 1 amide bonds. The molecule has 0 aliphatic rings. The molecular weight excluding hydrogens is 334 g/mol. The Balaban J connectivity index is 1.83. The second kappa shape index (κ2) is 9.14. The van der Waals surface area contributed by atoms with Gasteiger partial charge in [-0.3, -0.25) is 9.78 Å². The predicted molar refractivity (Wildman–Crippen MR) is 112 cm³/mol. The first kappa shape index (κ1) is 21.1. The van der Waals surface area contributed by atoms with Gasteiger partial charge in [0.05, 0.1) is 12.2 Å². The second-order valence-corrected chi connectivity index (χ2v) is 8.30. The van der Waals surface area contributed by atoms with E-state index < -0.39 is 0 Å². The Bertz CT molecular complexity index is 740. The van der Waals surface area contributed by atoms with E-state index in [1.807, 2.05) is 25.1 Å². The second-order valence-electron chi connectivity index (χ2n) is 8.30. The summed E-state index contributed by atoms with van der Waals surface area (Å²) in [6.45, 7) is 14.0. The first-order valence-electron chi connectivity index (χ1n) is 9.70. The van der Waals surface area contributed by atoms with E-state index in [4.69, 9.17) is 0 Å². The maximum absolute atomic E-state index is 12.1. The highest BCUT2D eigenvalue weighted by Crippen LogP contribution is 2.27. The molecule has 0 bridgehead atoms. The number of hydrogen-bond donors (Lipinski definition) is 2. The van der Waals surface area contributed by atoms with Crippen LogP contribution in [-0.2, 0) is 16.6 Å². The normalized spacial score (nSPS) is 12.7. The number of benzene rings is 1. The summed E-state index contributed by atoms with van der Waals surface area (Å²) in [6.07, 6.45) is 2.62. The lowest BCUT2D eigenvalue weighted by atomic mass is 9.83. The third-order valence-corrected chi connectivity index (χ3v) is 4.96. The molecule has 1 aromatic carbocycles. The minimum absolute atomic E-state index is 0.0133. The zero-order chi connectivity index (χ0) is 20.0. The topological polar surface area (TPSA) is 54.0 Å². The van der Waals surface area contributed by atoms with Crippen molar-refractivity contribution >= 4 is 5.91 Å². The van der Waals surface area contributed by atoms with Gasteiger partial charge in [0, 0.05) is 18.8 Å². The first-order chi connectivity index (χ1) is 12.7. The molecule has 1 aromatic heterocycles. The van der Waals surface area contributed by atoms with Gasteiger partial charge < -0.3 is 10.6 Å². The molecule has 0 saturated carbocycles. The van der Waals surface area contributed by atoms with Crippen LogP contribution in [0.5, 0.6) is 0 Å². The molecule has 1 unspecified atom stereocenters. The maximum Gasteiger partial charge on any atom is 0.233 e. The van der Waals surface area contributed by atoms with Gasteiger partial charge in [0.2, 0.25) is 5.91 Å². The van der Waals surface area contributed by atoms with Crippen molar-refractivity contribution in [2.75, 3.05) is 13.1 Å². The van der Waals surface area contributed by atoms with Gasteiger partial charge in [0.1, 0.15) is 0 Å². The van der Waals surface area contributed by atoms with Crippen molar-refractivity contribution in [3.05, 3.63) is 64.5 Å². The molecule has 2 rings (SSSR count). The molecule has 0 radical (unpaired) electrons. The fourth-order valence-corrected chi connectivity index (χ4v) is 3.19. The minimum Gasteiger partial charge on any atom is -0.355 e. The van der Waals surface area contributed by atoms with E-state index in [1.54, 1.807) is 6.20 Å². The number of amides is 1.